The van der Waals surface area contributed by atoms with E-state index in [0.29, 0.717) is 12.8 Å². The molecule has 0 fully saturated rings. The van der Waals surface area contributed by atoms with Gasteiger partial charge < -0.3 is 14.2 Å². The van der Waals surface area contributed by atoms with Crippen molar-refractivity contribution in [1.82, 2.24) is 0 Å². The summed E-state index contributed by atoms with van der Waals surface area (Å²) in [6.45, 7) is 6.27. The lowest BCUT2D eigenvalue weighted by Crippen LogP contribution is -2.30. The molecule has 0 radical (unpaired) electrons. The van der Waals surface area contributed by atoms with Gasteiger partial charge in [0.15, 0.2) is 6.10 Å². The summed E-state index contributed by atoms with van der Waals surface area (Å²) in [6, 6.07) is 0. The number of rotatable bonds is 47. The van der Waals surface area contributed by atoms with E-state index in [-0.39, 0.29) is 37.5 Å². The van der Waals surface area contributed by atoms with Crippen LogP contribution in [-0.2, 0) is 28.6 Å². The SMILES string of the molecule is CC/C=C\C/C=C\C/C=C\C/C=C\C/C=C\C/C=C\C/C=C\CCCCCCCCCCCC(=O)OCC(COC(=O)CCCCCCC)OC(=O)CCCCC/C=C\C/C=C\C/C=C\CC. The van der Waals surface area contributed by atoms with Crippen molar-refractivity contribution in [3.05, 3.63) is 122 Å². The second kappa shape index (κ2) is 54.4. The lowest BCUT2D eigenvalue weighted by Gasteiger charge is -2.18. The smallest absolute Gasteiger partial charge is 0.306 e. The zero-order valence-electron chi connectivity index (χ0n) is 43.1. The summed E-state index contributed by atoms with van der Waals surface area (Å²) in [5, 5.41) is 0. The van der Waals surface area contributed by atoms with Crippen molar-refractivity contribution in [3.8, 4) is 0 Å². The molecule has 0 aromatic rings. The van der Waals surface area contributed by atoms with Gasteiger partial charge in [-0.3, -0.25) is 14.4 Å². The van der Waals surface area contributed by atoms with E-state index >= 15 is 0 Å². The van der Waals surface area contributed by atoms with Gasteiger partial charge in [0, 0.05) is 19.3 Å². The first-order valence-electron chi connectivity index (χ1n) is 27.0. The van der Waals surface area contributed by atoms with Gasteiger partial charge in [-0.25, -0.2) is 0 Å². The van der Waals surface area contributed by atoms with Crippen LogP contribution in [-0.4, -0.2) is 37.2 Å². The van der Waals surface area contributed by atoms with Gasteiger partial charge in [-0.05, 0) is 109 Å². The number of carbonyl (C=O) groups excluding carboxylic acids is 3. The molecule has 0 rings (SSSR count). The van der Waals surface area contributed by atoms with Crippen LogP contribution in [0, 0.1) is 0 Å². The maximum atomic E-state index is 12.7. The Labute approximate surface area is 412 Å². The van der Waals surface area contributed by atoms with Crippen LogP contribution >= 0.6 is 0 Å². The molecule has 0 bridgehead atoms. The molecule has 378 valence electrons. The van der Waals surface area contributed by atoms with Gasteiger partial charge in [-0.15, -0.1) is 0 Å². The van der Waals surface area contributed by atoms with Gasteiger partial charge in [-0.1, -0.05) is 219 Å². The maximum Gasteiger partial charge on any atom is 0.306 e. The van der Waals surface area contributed by atoms with Crippen molar-refractivity contribution >= 4 is 17.9 Å². The molecule has 1 unspecified atom stereocenters. The number of esters is 3. The minimum Gasteiger partial charge on any atom is -0.462 e. The maximum absolute atomic E-state index is 12.7. The summed E-state index contributed by atoms with van der Waals surface area (Å²) < 4.78 is 16.6. The van der Waals surface area contributed by atoms with Crippen LogP contribution in [0.1, 0.15) is 226 Å². The fourth-order valence-electron chi connectivity index (χ4n) is 6.96. The fourth-order valence-corrected chi connectivity index (χ4v) is 6.96. The largest absolute Gasteiger partial charge is 0.462 e. The number of carbonyl (C=O) groups is 3. The molecule has 0 saturated carbocycles. The first-order chi connectivity index (χ1) is 33.0. The average Bonchev–Trinajstić information content (AvgIpc) is 3.33. The Bertz CT molecular complexity index is 1440. The van der Waals surface area contributed by atoms with E-state index in [1.54, 1.807) is 0 Å². The lowest BCUT2D eigenvalue weighted by atomic mass is 10.1. The molecule has 0 aliphatic carbocycles. The van der Waals surface area contributed by atoms with Gasteiger partial charge in [0.05, 0.1) is 0 Å². The van der Waals surface area contributed by atoms with Crippen LogP contribution in [0.3, 0.4) is 0 Å². The second-order valence-electron chi connectivity index (χ2n) is 17.4. The monoisotopic (exact) mass is 927 g/mol. The summed E-state index contributed by atoms with van der Waals surface area (Å²) in [5.74, 6) is -0.952. The Kier molecular flexibility index (Phi) is 51.0. The van der Waals surface area contributed by atoms with Crippen LogP contribution in [0.2, 0.25) is 0 Å². The van der Waals surface area contributed by atoms with Crippen LogP contribution in [0.25, 0.3) is 0 Å². The molecule has 0 N–H and O–H groups in total. The van der Waals surface area contributed by atoms with Crippen molar-refractivity contribution in [2.45, 2.75) is 232 Å². The van der Waals surface area contributed by atoms with Crippen molar-refractivity contribution in [2.75, 3.05) is 13.2 Å². The predicted octanol–water partition coefficient (Wildman–Crippen LogP) is 18.1. The average molecular weight is 927 g/mol. The molecular formula is C61H98O6. The van der Waals surface area contributed by atoms with Gasteiger partial charge >= 0.3 is 17.9 Å². The third-order valence-electron chi connectivity index (χ3n) is 11.0. The van der Waals surface area contributed by atoms with Crippen LogP contribution in [0.4, 0.5) is 0 Å². The van der Waals surface area contributed by atoms with Crippen molar-refractivity contribution in [2.24, 2.45) is 0 Å². The summed E-state index contributed by atoms with van der Waals surface area (Å²) in [6.07, 6.45) is 75.2. The van der Waals surface area contributed by atoms with Gasteiger partial charge in [0.2, 0.25) is 0 Å². The lowest BCUT2D eigenvalue weighted by molar-refractivity contribution is -0.167. The molecule has 1 atom stereocenters. The van der Waals surface area contributed by atoms with E-state index in [1.807, 2.05) is 0 Å². The Hall–Kier alpha value is -4.19. The highest BCUT2D eigenvalue weighted by Crippen LogP contribution is 2.14. The quantitative estimate of drug-likeness (QED) is 0.0262. The van der Waals surface area contributed by atoms with E-state index < -0.39 is 6.10 Å². The summed E-state index contributed by atoms with van der Waals surface area (Å²) in [7, 11) is 0. The number of unbranched alkanes of at least 4 members (excludes halogenated alkanes) is 16. The summed E-state index contributed by atoms with van der Waals surface area (Å²) in [4.78, 5) is 37.6. The van der Waals surface area contributed by atoms with E-state index in [2.05, 4.69) is 142 Å². The van der Waals surface area contributed by atoms with Gasteiger partial charge in [0.1, 0.15) is 13.2 Å². The van der Waals surface area contributed by atoms with E-state index in [0.717, 1.165) is 148 Å². The molecular weight excluding hydrogens is 829 g/mol. The standard InChI is InChI=1S/C61H98O6/c1-4-7-10-13-15-17-19-21-22-23-24-25-26-27-28-29-30-31-32-33-34-35-36-37-38-40-41-43-45-48-51-54-60(63)66-57-58(56-65-59(62)53-50-47-12-9-6-3)67-61(64)55-52-49-46-44-42-39-20-18-16-14-11-8-5-2/h7-8,10-11,15-18,21-22,24-25,27-28,30-31,33-34,39,42,58H,4-6,9,12-14,19-20,23,26,29,32,35-38,40-41,43-57H2,1-3H3/b10-7-,11-8-,17-15-,18-16-,22-21-,25-24-,28-27-,31-30-,34-33-,42-39-. The molecule has 0 aliphatic rings. The fraction of sp³-hybridized carbons (Fsp3) is 0.623. The molecule has 0 saturated heterocycles. The van der Waals surface area contributed by atoms with E-state index in [4.69, 9.17) is 14.2 Å². The first-order valence-corrected chi connectivity index (χ1v) is 27.0. The third kappa shape index (κ3) is 52.6. The van der Waals surface area contributed by atoms with Crippen LogP contribution < -0.4 is 0 Å². The Balaban J connectivity index is 4.09. The molecule has 6 nitrogen and oxygen atoms in total. The molecule has 0 spiro atoms. The topological polar surface area (TPSA) is 78.9 Å². The summed E-state index contributed by atoms with van der Waals surface area (Å²) in [5.41, 5.74) is 0. The first kappa shape index (κ1) is 62.8. The van der Waals surface area contributed by atoms with Gasteiger partial charge in [-0.2, -0.15) is 0 Å². The van der Waals surface area contributed by atoms with Crippen molar-refractivity contribution < 1.29 is 28.6 Å². The molecule has 0 heterocycles. The zero-order chi connectivity index (χ0) is 48.6. The predicted molar refractivity (Wildman–Crippen MR) is 288 cm³/mol. The number of allylic oxidation sites excluding steroid dienone is 20. The summed E-state index contributed by atoms with van der Waals surface area (Å²) >= 11 is 0. The third-order valence-corrected chi connectivity index (χ3v) is 11.0. The highest BCUT2D eigenvalue weighted by Gasteiger charge is 2.19. The molecule has 0 aromatic carbocycles. The number of hydrogen-bond acceptors (Lipinski definition) is 6. The minimum atomic E-state index is -0.793. The van der Waals surface area contributed by atoms with Crippen molar-refractivity contribution in [3.63, 3.8) is 0 Å². The Morgan fingerprint density at radius 1 is 0.313 bits per heavy atom. The van der Waals surface area contributed by atoms with Crippen LogP contribution in [0.5, 0.6) is 0 Å². The van der Waals surface area contributed by atoms with Gasteiger partial charge in [0.25, 0.3) is 0 Å². The van der Waals surface area contributed by atoms with E-state index in [9.17, 15) is 14.4 Å². The normalized spacial score (nSPS) is 13.1. The number of hydrogen-bond donors (Lipinski definition) is 0. The second-order valence-corrected chi connectivity index (χ2v) is 17.4. The minimum absolute atomic E-state index is 0.0945. The Morgan fingerprint density at radius 2 is 0.582 bits per heavy atom. The molecule has 0 amide bonds. The zero-order valence-corrected chi connectivity index (χ0v) is 43.1. The highest BCUT2D eigenvalue weighted by molar-refractivity contribution is 5.71. The Morgan fingerprint density at radius 3 is 0.925 bits per heavy atom. The molecule has 6 heteroatoms. The highest BCUT2D eigenvalue weighted by atomic mass is 16.6. The molecule has 0 aromatic heterocycles. The molecule has 0 aliphatic heterocycles. The van der Waals surface area contributed by atoms with E-state index in [1.165, 1.54) is 38.5 Å². The number of ether oxygens (including phenoxy) is 3. The molecule has 67 heavy (non-hydrogen) atoms. The van der Waals surface area contributed by atoms with Crippen molar-refractivity contribution in [1.29, 1.82) is 0 Å². The van der Waals surface area contributed by atoms with Crippen LogP contribution in [0.15, 0.2) is 122 Å².